The maximum atomic E-state index is 12.4. The Kier molecular flexibility index (Phi) is 4.17. The number of aliphatic imine (C=N–C) groups is 1. The van der Waals surface area contributed by atoms with Gasteiger partial charge in [-0.25, -0.2) is 0 Å². The van der Waals surface area contributed by atoms with Gasteiger partial charge in [0.15, 0.2) is 11.0 Å². The molecular formula is C18H19N5OS. The van der Waals surface area contributed by atoms with Gasteiger partial charge in [0.05, 0.1) is 5.57 Å². The lowest BCUT2D eigenvalue weighted by Gasteiger charge is -2.26. The van der Waals surface area contributed by atoms with Gasteiger partial charge < -0.3 is 4.90 Å². The largest absolute Gasteiger partial charge is 0.349 e. The molecule has 1 amide bonds. The van der Waals surface area contributed by atoms with E-state index in [1.54, 1.807) is 6.08 Å². The number of amidine groups is 3. The Bertz CT molecular complexity index is 818. The Morgan fingerprint density at radius 3 is 2.56 bits per heavy atom. The fourth-order valence-corrected chi connectivity index (χ4v) is 3.97. The van der Waals surface area contributed by atoms with Crippen molar-refractivity contribution in [3.8, 4) is 0 Å². The first-order chi connectivity index (χ1) is 12.1. The molecule has 0 saturated carbocycles. The Hall–Kier alpha value is -2.41. The Labute approximate surface area is 150 Å². The molecule has 25 heavy (non-hydrogen) atoms. The maximum absolute atomic E-state index is 12.4. The average Bonchev–Trinajstić information content (AvgIpc) is 3.05. The molecule has 1 aromatic rings. The first kappa shape index (κ1) is 16.1. The first-order valence-electron chi connectivity index (χ1n) is 8.44. The minimum absolute atomic E-state index is 0.0927. The van der Waals surface area contributed by atoms with Gasteiger partial charge >= 0.3 is 0 Å². The number of piperidine rings is 1. The minimum atomic E-state index is -0.376. The zero-order chi connectivity index (χ0) is 17.4. The summed E-state index contributed by atoms with van der Waals surface area (Å²) in [5.74, 6) is -0.283. The molecule has 0 unspecified atom stereocenters. The molecule has 1 fully saturated rings. The summed E-state index contributed by atoms with van der Waals surface area (Å²) < 4.78 is 0. The van der Waals surface area contributed by atoms with Crippen LogP contribution >= 0.6 is 11.8 Å². The van der Waals surface area contributed by atoms with Crippen molar-refractivity contribution < 1.29 is 4.79 Å². The SMILES string of the molecule is Cc1ccc(/C=C2\C(=N)N3N=C(N4CCCCC4)SC3=NC2=O)cc1. The molecule has 0 radical (unpaired) electrons. The van der Waals surface area contributed by atoms with Gasteiger partial charge in [0, 0.05) is 13.1 Å². The highest BCUT2D eigenvalue weighted by Crippen LogP contribution is 2.30. The predicted octanol–water partition coefficient (Wildman–Crippen LogP) is 3.06. The second kappa shape index (κ2) is 6.48. The topological polar surface area (TPSA) is 72.1 Å². The van der Waals surface area contributed by atoms with Gasteiger partial charge in [0.2, 0.25) is 5.17 Å². The number of fused-ring (bicyclic) bond motifs is 1. The summed E-state index contributed by atoms with van der Waals surface area (Å²) in [7, 11) is 0. The van der Waals surface area contributed by atoms with Crippen molar-refractivity contribution in [1.82, 2.24) is 9.91 Å². The first-order valence-corrected chi connectivity index (χ1v) is 9.25. The van der Waals surface area contributed by atoms with Crippen LogP contribution in [0.3, 0.4) is 0 Å². The van der Waals surface area contributed by atoms with Crippen LogP contribution in [0.1, 0.15) is 30.4 Å². The molecule has 0 atom stereocenters. The van der Waals surface area contributed by atoms with Gasteiger partial charge in [-0.2, -0.15) is 10.0 Å². The van der Waals surface area contributed by atoms with E-state index in [-0.39, 0.29) is 17.3 Å². The molecule has 3 heterocycles. The Morgan fingerprint density at radius 1 is 1.12 bits per heavy atom. The van der Waals surface area contributed by atoms with E-state index in [1.165, 1.54) is 23.2 Å². The fraction of sp³-hybridized carbons (Fsp3) is 0.333. The number of hydrogen-bond donors (Lipinski definition) is 1. The standard InChI is InChI=1S/C18H19N5OS/c1-12-5-7-13(8-6-12)11-14-15(19)23-17(20-16(14)24)25-18(21-23)22-9-3-2-4-10-22/h5-8,11,19H,2-4,9-10H2,1H3/b14-11+,19-15?. The number of nitrogens with one attached hydrogen (secondary N) is 1. The van der Waals surface area contributed by atoms with Crippen LogP contribution in [0, 0.1) is 12.3 Å². The number of hydrogen-bond acceptors (Lipinski definition) is 5. The van der Waals surface area contributed by atoms with Crippen LogP contribution in [-0.2, 0) is 4.79 Å². The molecule has 1 saturated heterocycles. The summed E-state index contributed by atoms with van der Waals surface area (Å²) in [4.78, 5) is 18.8. The summed E-state index contributed by atoms with van der Waals surface area (Å²) in [6.45, 7) is 3.96. The summed E-state index contributed by atoms with van der Waals surface area (Å²) in [5, 5.41) is 15.8. The van der Waals surface area contributed by atoms with E-state index in [0.29, 0.717) is 5.17 Å². The van der Waals surface area contributed by atoms with E-state index in [4.69, 9.17) is 5.41 Å². The number of rotatable bonds is 1. The molecule has 128 valence electrons. The van der Waals surface area contributed by atoms with Crippen LogP contribution in [-0.4, -0.2) is 45.1 Å². The number of nitrogens with zero attached hydrogens (tertiary/aromatic N) is 4. The van der Waals surface area contributed by atoms with Crippen LogP contribution in [0.4, 0.5) is 0 Å². The zero-order valence-corrected chi connectivity index (χ0v) is 14.8. The smallest absolute Gasteiger partial charge is 0.283 e. The summed E-state index contributed by atoms with van der Waals surface area (Å²) >= 11 is 1.38. The Morgan fingerprint density at radius 2 is 1.84 bits per heavy atom. The van der Waals surface area contributed by atoms with Crippen molar-refractivity contribution in [3.63, 3.8) is 0 Å². The van der Waals surface area contributed by atoms with Gasteiger partial charge in [-0.15, -0.1) is 5.10 Å². The molecule has 1 N–H and O–H groups in total. The van der Waals surface area contributed by atoms with Crippen LogP contribution < -0.4 is 0 Å². The molecule has 0 aromatic heterocycles. The van der Waals surface area contributed by atoms with Gasteiger partial charge in [-0.3, -0.25) is 10.2 Å². The Balaban J connectivity index is 1.62. The average molecular weight is 353 g/mol. The molecule has 0 bridgehead atoms. The summed E-state index contributed by atoms with van der Waals surface area (Å²) in [6, 6.07) is 7.83. The van der Waals surface area contributed by atoms with Crippen LogP contribution in [0.2, 0.25) is 0 Å². The van der Waals surface area contributed by atoms with Crippen LogP contribution in [0.15, 0.2) is 39.9 Å². The van der Waals surface area contributed by atoms with E-state index < -0.39 is 0 Å². The van der Waals surface area contributed by atoms with Crippen LogP contribution in [0.25, 0.3) is 6.08 Å². The van der Waals surface area contributed by atoms with Crippen molar-refractivity contribution in [3.05, 3.63) is 41.0 Å². The normalized spacial score (nSPS) is 22.2. The van der Waals surface area contributed by atoms with Crippen molar-refractivity contribution in [2.45, 2.75) is 26.2 Å². The van der Waals surface area contributed by atoms with Gasteiger partial charge in [-0.1, -0.05) is 29.8 Å². The van der Waals surface area contributed by atoms with E-state index >= 15 is 0 Å². The molecule has 3 aliphatic heterocycles. The fourth-order valence-electron chi connectivity index (χ4n) is 3.02. The van der Waals surface area contributed by atoms with Crippen molar-refractivity contribution >= 4 is 39.9 Å². The second-order valence-corrected chi connectivity index (χ2v) is 7.30. The monoisotopic (exact) mass is 353 g/mol. The quantitative estimate of drug-likeness (QED) is 0.788. The number of benzene rings is 1. The zero-order valence-electron chi connectivity index (χ0n) is 14.0. The third-order valence-electron chi connectivity index (χ3n) is 4.46. The number of thioether (sulfide) groups is 1. The maximum Gasteiger partial charge on any atom is 0.283 e. The van der Waals surface area contributed by atoms with Crippen molar-refractivity contribution in [2.75, 3.05) is 13.1 Å². The predicted molar refractivity (Wildman–Crippen MR) is 102 cm³/mol. The van der Waals surface area contributed by atoms with Gasteiger partial charge in [0.1, 0.15) is 0 Å². The number of aryl methyl sites for hydroxylation is 1. The van der Waals surface area contributed by atoms with Crippen LogP contribution in [0.5, 0.6) is 0 Å². The minimum Gasteiger partial charge on any atom is -0.349 e. The van der Waals surface area contributed by atoms with Gasteiger partial charge in [-0.05, 0) is 49.6 Å². The van der Waals surface area contributed by atoms with Crippen molar-refractivity contribution in [1.29, 1.82) is 5.41 Å². The lowest BCUT2D eigenvalue weighted by Crippen LogP contribution is -2.35. The molecular weight excluding hydrogens is 334 g/mol. The highest BCUT2D eigenvalue weighted by atomic mass is 32.2. The molecule has 1 aromatic carbocycles. The number of carbonyl (C=O) groups is 1. The molecule has 0 aliphatic carbocycles. The van der Waals surface area contributed by atoms with E-state index in [9.17, 15) is 4.79 Å². The second-order valence-electron chi connectivity index (χ2n) is 6.36. The lowest BCUT2D eigenvalue weighted by molar-refractivity contribution is -0.114. The molecule has 3 aliphatic rings. The number of amides is 1. The van der Waals surface area contributed by atoms with E-state index in [0.717, 1.165) is 42.2 Å². The highest BCUT2D eigenvalue weighted by Gasteiger charge is 2.37. The molecule has 0 spiro atoms. The third kappa shape index (κ3) is 3.11. The third-order valence-corrected chi connectivity index (χ3v) is 5.43. The number of carbonyl (C=O) groups excluding carboxylic acids is 1. The van der Waals surface area contributed by atoms with Crippen molar-refractivity contribution in [2.24, 2.45) is 10.1 Å². The highest BCUT2D eigenvalue weighted by molar-refractivity contribution is 8.26. The summed E-state index contributed by atoms with van der Waals surface area (Å²) in [5.41, 5.74) is 2.31. The summed E-state index contributed by atoms with van der Waals surface area (Å²) in [6.07, 6.45) is 5.27. The number of likely N-dealkylation sites (tertiary alicyclic amines) is 1. The lowest BCUT2D eigenvalue weighted by atomic mass is 10.1. The number of hydrazone groups is 1. The molecule has 7 heteroatoms. The van der Waals surface area contributed by atoms with E-state index in [2.05, 4.69) is 15.0 Å². The van der Waals surface area contributed by atoms with Gasteiger partial charge in [0.25, 0.3) is 5.91 Å². The van der Waals surface area contributed by atoms with E-state index in [1.807, 2.05) is 31.2 Å². The molecule has 6 nitrogen and oxygen atoms in total. The molecule has 4 rings (SSSR count).